The van der Waals surface area contributed by atoms with E-state index in [2.05, 4.69) is 39.8 Å². The van der Waals surface area contributed by atoms with Crippen LogP contribution in [0.5, 0.6) is 0 Å². The molecule has 16 heavy (non-hydrogen) atoms. The van der Waals surface area contributed by atoms with E-state index in [-0.39, 0.29) is 11.2 Å². The molecule has 0 radical (unpaired) electrons. The fourth-order valence-electron chi connectivity index (χ4n) is 2.61. The molecule has 0 fully saturated rings. The third-order valence-electron chi connectivity index (χ3n) is 3.79. The highest BCUT2D eigenvalue weighted by molar-refractivity contribution is 5.93. The van der Waals surface area contributed by atoms with Crippen molar-refractivity contribution in [1.82, 2.24) is 0 Å². The number of carbonyl (C=O) groups excluding carboxylic acids is 1. The Labute approximate surface area is 99.6 Å². The fraction of sp³-hybridized carbons (Fsp3) is 0.667. The normalized spacial score (nSPS) is 25.2. The number of rotatable bonds is 3. The second-order valence-corrected chi connectivity index (χ2v) is 5.55. The van der Waals surface area contributed by atoms with Crippen LogP contribution in [-0.4, -0.2) is 5.78 Å². The summed E-state index contributed by atoms with van der Waals surface area (Å²) < 4.78 is 0. The Morgan fingerprint density at radius 1 is 1.56 bits per heavy atom. The number of ketones is 1. The lowest BCUT2D eigenvalue weighted by Crippen LogP contribution is -2.27. The summed E-state index contributed by atoms with van der Waals surface area (Å²) in [6.45, 7) is 10.5. The van der Waals surface area contributed by atoms with Gasteiger partial charge in [-0.3, -0.25) is 4.79 Å². The van der Waals surface area contributed by atoms with Gasteiger partial charge in [0, 0.05) is 5.92 Å². The van der Waals surface area contributed by atoms with Gasteiger partial charge in [0.1, 0.15) is 0 Å². The molecule has 1 rings (SSSR count). The summed E-state index contributed by atoms with van der Waals surface area (Å²) in [5.74, 6) is 0.650. The van der Waals surface area contributed by atoms with Crippen molar-refractivity contribution in [2.75, 3.05) is 0 Å². The molecular formula is C15H24O. The molecule has 1 unspecified atom stereocenters. The zero-order chi connectivity index (χ0) is 12.3. The molecule has 0 bridgehead atoms. The molecule has 0 spiro atoms. The first kappa shape index (κ1) is 13.2. The van der Waals surface area contributed by atoms with Crippen molar-refractivity contribution in [1.29, 1.82) is 0 Å². The zero-order valence-electron chi connectivity index (χ0n) is 11.3. The van der Waals surface area contributed by atoms with Crippen molar-refractivity contribution < 1.29 is 4.79 Å². The van der Waals surface area contributed by atoms with Crippen LogP contribution in [0.25, 0.3) is 0 Å². The number of carbonyl (C=O) groups is 1. The molecule has 1 nitrogen and oxygen atoms in total. The third kappa shape index (κ3) is 2.84. The van der Waals surface area contributed by atoms with Crippen LogP contribution in [0.4, 0.5) is 0 Å². The molecule has 1 heteroatoms. The lowest BCUT2D eigenvalue weighted by atomic mass is 9.68. The maximum Gasteiger partial charge on any atom is 0.155 e. The van der Waals surface area contributed by atoms with Crippen molar-refractivity contribution in [3.8, 4) is 0 Å². The lowest BCUT2D eigenvalue weighted by Gasteiger charge is -2.37. The van der Waals surface area contributed by atoms with E-state index in [1.807, 2.05) is 0 Å². The molecule has 0 aromatic carbocycles. The number of Topliss-reactive ketones (excluding diaryl/α,β-unsaturated/α-hetero) is 1. The Morgan fingerprint density at radius 3 is 2.62 bits per heavy atom. The first-order chi connectivity index (χ1) is 7.38. The monoisotopic (exact) mass is 220 g/mol. The molecule has 1 aliphatic carbocycles. The maximum atomic E-state index is 11.5. The van der Waals surface area contributed by atoms with Gasteiger partial charge in [-0.2, -0.15) is 0 Å². The van der Waals surface area contributed by atoms with E-state index in [0.29, 0.717) is 5.92 Å². The number of allylic oxidation sites excluding steroid dienone is 4. The summed E-state index contributed by atoms with van der Waals surface area (Å²) in [5, 5.41) is 0. The fourth-order valence-corrected chi connectivity index (χ4v) is 2.61. The predicted octanol–water partition coefficient (Wildman–Crippen LogP) is 4.29. The van der Waals surface area contributed by atoms with E-state index in [0.717, 1.165) is 12.0 Å². The molecule has 0 saturated heterocycles. The van der Waals surface area contributed by atoms with Crippen LogP contribution in [-0.2, 0) is 4.79 Å². The summed E-state index contributed by atoms with van der Waals surface area (Å²) in [6, 6.07) is 0. The van der Waals surface area contributed by atoms with Crippen molar-refractivity contribution in [2.45, 2.75) is 53.9 Å². The Balaban J connectivity index is 3.04. The van der Waals surface area contributed by atoms with Gasteiger partial charge >= 0.3 is 0 Å². The van der Waals surface area contributed by atoms with Crippen molar-refractivity contribution in [3.63, 3.8) is 0 Å². The molecule has 0 aromatic rings. The minimum absolute atomic E-state index is 0.219. The molecule has 0 saturated carbocycles. The molecule has 1 atom stereocenters. The summed E-state index contributed by atoms with van der Waals surface area (Å²) in [5.41, 5.74) is 2.69. The van der Waals surface area contributed by atoms with Crippen molar-refractivity contribution >= 4 is 5.78 Å². The summed E-state index contributed by atoms with van der Waals surface area (Å²) >= 11 is 0. The van der Waals surface area contributed by atoms with Gasteiger partial charge in [-0.15, -0.1) is 0 Å². The van der Waals surface area contributed by atoms with E-state index in [9.17, 15) is 4.79 Å². The average Bonchev–Trinajstić information content (AvgIpc) is 2.16. The van der Waals surface area contributed by atoms with Gasteiger partial charge in [0.25, 0.3) is 0 Å². The largest absolute Gasteiger partial charge is 0.295 e. The Morgan fingerprint density at radius 2 is 2.19 bits per heavy atom. The van der Waals surface area contributed by atoms with Gasteiger partial charge in [-0.1, -0.05) is 38.5 Å². The third-order valence-corrected chi connectivity index (χ3v) is 3.79. The van der Waals surface area contributed by atoms with Crippen molar-refractivity contribution in [3.05, 3.63) is 23.3 Å². The summed E-state index contributed by atoms with van der Waals surface area (Å²) in [4.78, 5) is 11.5. The summed E-state index contributed by atoms with van der Waals surface area (Å²) in [7, 11) is 0. The number of hydrogen-bond acceptors (Lipinski definition) is 1. The highest BCUT2D eigenvalue weighted by Crippen LogP contribution is 2.42. The van der Waals surface area contributed by atoms with E-state index < -0.39 is 0 Å². The van der Waals surface area contributed by atoms with Gasteiger partial charge in [0.15, 0.2) is 5.78 Å². The molecule has 0 heterocycles. The van der Waals surface area contributed by atoms with Crippen LogP contribution in [0.1, 0.15) is 53.9 Å². The van der Waals surface area contributed by atoms with Gasteiger partial charge in [-0.05, 0) is 44.1 Å². The smallest absolute Gasteiger partial charge is 0.155 e. The molecular weight excluding hydrogens is 196 g/mol. The van der Waals surface area contributed by atoms with Crippen molar-refractivity contribution in [2.24, 2.45) is 11.3 Å². The topological polar surface area (TPSA) is 17.1 Å². The standard InChI is InChI=1S/C15H24O/c1-6-13(12(3)16)10-14-11(2)8-7-9-15(14,4)5/h8,10,14H,6-7,9H2,1-5H3. The molecule has 0 aliphatic heterocycles. The van der Waals surface area contributed by atoms with Gasteiger partial charge in [-0.25, -0.2) is 0 Å². The summed E-state index contributed by atoms with van der Waals surface area (Å²) in [6.07, 6.45) is 7.74. The SMILES string of the molecule is CCC(=CC1C(C)=CCCC1(C)C)C(C)=O. The zero-order valence-corrected chi connectivity index (χ0v) is 11.3. The molecule has 90 valence electrons. The van der Waals surface area contributed by atoms with Crippen LogP contribution in [0.15, 0.2) is 23.3 Å². The van der Waals surface area contributed by atoms with Gasteiger partial charge in [0.05, 0.1) is 0 Å². The first-order valence-electron chi connectivity index (χ1n) is 6.26. The second-order valence-electron chi connectivity index (χ2n) is 5.55. The Bertz CT molecular complexity index is 331. The van der Waals surface area contributed by atoms with Gasteiger partial charge < -0.3 is 0 Å². The molecule has 0 N–H and O–H groups in total. The van der Waals surface area contributed by atoms with Crippen LogP contribution in [0.2, 0.25) is 0 Å². The minimum atomic E-state index is 0.219. The van der Waals surface area contributed by atoms with Crippen LogP contribution < -0.4 is 0 Å². The highest BCUT2D eigenvalue weighted by atomic mass is 16.1. The number of hydrogen-bond donors (Lipinski definition) is 0. The van der Waals surface area contributed by atoms with E-state index in [4.69, 9.17) is 0 Å². The Kier molecular flexibility index (Phi) is 4.12. The van der Waals surface area contributed by atoms with E-state index >= 15 is 0 Å². The molecule has 1 aliphatic rings. The Hall–Kier alpha value is -0.850. The first-order valence-corrected chi connectivity index (χ1v) is 6.26. The van der Waals surface area contributed by atoms with Crippen LogP contribution >= 0.6 is 0 Å². The van der Waals surface area contributed by atoms with E-state index in [1.165, 1.54) is 18.4 Å². The lowest BCUT2D eigenvalue weighted by molar-refractivity contribution is -0.113. The predicted molar refractivity (Wildman–Crippen MR) is 69.3 cm³/mol. The molecule has 0 aromatic heterocycles. The van der Waals surface area contributed by atoms with E-state index in [1.54, 1.807) is 6.92 Å². The second kappa shape index (κ2) is 4.99. The highest BCUT2D eigenvalue weighted by Gasteiger charge is 2.31. The maximum absolute atomic E-state index is 11.5. The van der Waals surface area contributed by atoms with Crippen LogP contribution in [0.3, 0.4) is 0 Å². The van der Waals surface area contributed by atoms with Gasteiger partial charge in [0.2, 0.25) is 0 Å². The molecule has 0 amide bonds. The average molecular weight is 220 g/mol. The quantitative estimate of drug-likeness (QED) is 0.512. The minimum Gasteiger partial charge on any atom is -0.295 e. The van der Waals surface area contributed by atoms with Crippen LogP contribution in [0, 0.1) is 11.3 Å².